The minimum absolute atomic E-state index is 0.658. The molecule has 0 bridgehead atoms. The van der Waals surface area contributed by atoms with E-state index in [0.717, 1.165) is 45.1 Å². The molecule has 0 aliphatic carbocycles. The zero-order chi connectivity index (χ0) is 16.7. The number of hydrogen-bond acceptors (Lipinski definition) is 3. The van der Waals surface area contributed by atoms with Crippen molar-refractivity contribution in [3.63, 3.8) is 0 Å². The van der Waals surface area contributed by atoms with Gasteiger partial charge in [-0.1, -0.05) is 13.8 Å². The summed E-state index contributed by atoms with van der Waals surface area (Å²) < 4.78 is 0. The number of aliphatic imine (C=N–C) groups is 1. The van der Waals surface area contributed by atoms with Crippen LogP contribution in [0.2, 0.25) is 0 Å². The zero-order valence-electron chi connectivity index (χ0n) is 15.0. The summed E-state index contributed by atoms with van der Waals surface area (Å²) in [5, 5.41) is 3.52. The summed E-state index contributed by atoms with van der Waals surface area (Å²) in [7, 11) is 1.88. The third-order valence-corrected chi connectivity index (χ3v) is 4.82. The van der Waals surface area contributed by atoms with Crippen LogP contribution in [0.25, 0.3) is 0 Å². The lowest BCUT2D eigenvalue weighted by Crippen LogP contribution is -2.43. The Balaban J connectivity index is 1.83. The number of aromatic nitrogens is 1. The molecule has 1 saturated heterocycles. The van der Waals surface area contributed by atoms with Crippen molar-refractivity contribution in [3.05, 3.63) is 29.6 Å². The summed E-state index contributed by atoms with van der Waals surface area (Å²) >= 11 is 0. The number of guanidine groups is 1. The number of nitrogens with zero attached hydrogens (tertiary/aromatic N) is 4. The van der Waals surface area contributed by atoms with Crippen LogP contribution in [0.3, 0.4) is 0 Å². The fourth-order valence-electron chi connectivity index (χ4n) is 3.40. The molecule has 0 aromatic carbocycles. The molecule has 1 aromatic heterocycles. The molecule has 1 fully saturated rings. The maximum absolute atomic E-state index is 4.47. The van der Waals surface area contributed by atoms with Crippen LogP contribution in [0.5, 0.6) is 0 Å². The third kappa shape index (κ3) is 4.67. The van der Waals surface area contributed by atoms with Crippen molar-refractivity contribution in [2.24, 2.45) is 4.99 Å². The van der Waals surface area contributed by atoms with E-state index < -0.39 is 0 Å². The molecule has 1 unspecified atom stereocenters. The molecule has 5 nitrogen and oxygen atoms in total. The smallest absolute Gasteiger partial charge is 0.193 e. The van der Waals surface area contributed by atoms with E-state index >= 15 is 0 Å². The fraction of sp³-hybridized carbons (Fsp3) is 0.667. The molecule has 1 aliphatic heterocycles. The highest BCUT2D eigenvalue weighted by molar-refractivity contribution is 5.80. The third-order valence-electron chi connectivity index (χ3n) is 4.82. The SMILES string of the molecule is CCN(CC)C1CCN(C(=NC)NCCc2ccncc2C)C1. The summed E-state index contributed by atoms with van der Waals surface area (Å²) in [6.07, 6.45) is 6.03. The quantitative estimate of drug-likeness (QED) is 0.643. The van der Waals surface area contributed by atoms with Crippen molar-refractivity contribution in [3.8, 4) is 0 Å². The van der Waals surface area contributed by atoms with Crippen molar-refractivity contribution >= 4 is 5.96 Å². The highest BCUT2D eigenvalue weighted by atomic mass is 15.3. The van der Waals surface area contributed by atoms with Gasteiger partial charge in [-0.15, -0.1) is 0 Å². The molecule has 1 N–H and O–H groups in total. The number of aryl methyl sites for hydroxylation is 1. The van der Waals surface area contributed by atoms with Crippen LogP contribution in [-0.2, 0) is 6.42 Å². The highest BCUT2D eigenvalue weighted by Gasteiger charge is 2.27. The Hall–Kier alpha value is -1.62. The lowest BCUT2D eigenvalue weighted by atomic mass is 10.1. The molecular weight excluding hydrogens is 286 g/mol. The topological polar surface area (TPSA) is 43.8 Å². The van der Waals surface area contributed by atoms with Gasteiger partial charge in [-0.3, -0.25) is 14.9 Å². The zero-order valence-corrected chi connectivity index (χ0v) is 15.0. The van der Waals surface area contributed by atoms with Crippen LogP contribution < -0.4 is 5.32 Å². The number of pyridine rings is 1. The second kappa shape index (κ2) is 8.87. The monoisotopic (exact) mass is 317 g/mol. The van der Waals surface area contributed by atoms with Crippen LogP contribution in [0.1, 0.15) is 31.4 Å². The normalized spacial score (nSPS) is 18.7. The predicted octanol–water partition coefficient (Wildman–Crippen LogP) is 1.92. The van der Waals surface area contributed by atoms with Crippen LogP contribution in [-0.4, -0.2) is 66.6 Å². The molecular formula is C18H31N5. The summed E-state index contributed by atoms with van der Waals surface area (Å²) in [5.41, 5.74) is 2.61. The Morgan fingerprint density at radius 1 is 1.43 bits per heavy atom. The number of likely N-dealkylation sites (N-methyl/N-ethyl adjacent to an activating group) is 1. The lowest BCUT2D eigenvalue weighted by Gasteiger charge is -2.27. The van der Waals surface area contributed by atoms with Gasteiger partial charge in [0.25, 0.3) is 0 Å². The van der Waals surface area contributed by atoms with E-state index in [1.54, 1.807) is 0 Å². The van der Waals surface area contributed by atoms with E-state index in [0.29, 0.717) is 6.04 Å². The first-order chi connectivity index (χ1) is 11.2. The van der Waals surface area contributed by atoms with Crippen LogP contribution in [0.15, 0.2) is 23.5 Å². The van der Waals surface area contributed by atoms with E-state index in [-0.39, 0.29) is 0 Å². The Bertz CT molecular complexity index is 510. The number of nitrogens with one attached hydrogen (secondary N) is 1. The van der Waals surface area contributed by atoms with Crippen molar-refractivity contribution < 1.29 is 0 Å². The maximum atomic E-state index is 4.47. The molecule has 1 aromatic rings. The first-order valence-corrected chi connectivity index (χ1v) is 8.78. The molecule has 0 amide bonds. The second-order valence-corrected chi connectivity index (χ2v) is 6.14. The van der Waals surface area contributed by atoms with Gasteiger partial charge in [0.1, 0.15) is 0 Å². The molecule has 0 saturated carbocycles. The van der Waals surface area contributed by atoms with Crippen LogP contribution in [0.4, 0.5) is 0 Å². The molecule has 2 heterocycles. The highest BCUT2D eigenvalue weighted by Crippen LogP contribution is 2.15. The Kier molecular flexibility index (Phi) is 6.84. The van der Waals surface area contributed by atoms with Gasteiger partial charge >= 0.3 is 0 Å². The molecule has 0 spiro atoms. The van der Waals surface area contributed by atoms with Gasteiger partial charge in [0, 0.05) is 45.1 Å². The van der Waals surface area contributed by atoms with Gasteiger partial charge in [0.15, 0.2) is 5.96 Å². The van der Waals surface area contributed by atoms with E-state index in [9.17, 15) is 0 Å². The van der Waals surface area contributed by atoms with Crippen molar-refractivity contribution in [1.82, 2.24) is 20.1 Å². The molecule has 5 heteroatoms. The minimum atomic E-state index is 0.658. The van der Waals surface area contributed by atoms with E-state index in [2.05, 4.69) is 51.9 Å². The summed E-state index contributed by atoms with van der Waals surface area (Å²) in [6, 6.07) is 2.76. The Labute approximate surface area is 140 Å². The lowest BCUT2D eigenvalue weighted by molar-refractivity contribution is 0.223. The van der Waals surface area contributed by atoms with E-state index in [1.807, 2.05) is 19.4 Å². The van der Waals surface area contributed by atoms with Gasteiger partial charge in [-0.05, 0) is 50.0 Å². The van der Waals surface area contributed by atoms with Crippen LogP contribution >= 0.6 is 0 Å². The van der Waals surface area contributed by atoms with Gasteiger partial charge in [0.05, 0.1) is 0 Å². The molecule has 1 atom stereocenters. The minimum Gasteiger partial charge on any atom is -0.356 e. The van der Waals surface area contributed by atoms with E-state index in [4.69, 9.17) is 0 Å². The average Bonchev–Trinajstić information content (AvgIpc) is 3.04. The fourth-order valence-corrected chi connectivity index (χ4v) is 3.40. The maximum Gasteiger partial charge on any atom is 0.193 e. The number of likely N-dealkylation sites (tertiary alicyclic amines) is 1. The van der Waals surface area contributed by atoms with Gasteiger partial charge in [-0.2, -0.15) is 0 Å². The van der Waals surface area contributed by atoms with Crippen molar-refractivity contribution in [2.45, 2.75) is 39.7 Å². The Morgan fingerprint density at radius 3 is 2.87 bits per heavy atom. The summed E-state index contributed by atoms with van der Waals surface area (Å²) in [5.74, 6) is 1.03. The number of hydrogen-bond donors (Lipinski definition) is 1. The first kappa shape index (κ1) is 17.7. The van der Waals surface area contributed by atoms with Crippen molar-refractivity contribution in [2.75, 3.05) is 39.8 Å². The van der Waals surface area contributed by atoms with E-state index in [1.165, 1.54) is 17.5 Å². The molecule has 0 radical (unpaired) electrons. The summed E-state index contributed by atoms with van der Waals surface area (Å²) in [4.78, 5) is 13.6. The number of rotatable bonds is 6. The molecule has 128 valence electrons. The molecule has 1 aliphatic rings. The first-order valence-electron chi connectivity index (χ1n) is 8.78. The van der Waals surface area contributed by atoms with Crippen LogP contribution in [0, 0.1) is 6.92 Å². The van der Waals surface area contributed by atoms with Gasteiger partial charge in [-0.25, -0.2) is 0 Å². The average molecular weight is 317 g/mol. The second-order valence-electron chi connectivity index (χ2n) is 6.14. The predicted molar refractivity (Wildman–Crippen MR) is 96.9 cm³/mol. The molecule has 23 heavy (non-hydrogen) atoms. The van der Waals surface area contributed by atoms with Crippen molar-refractivity contribution in [1.29, 1.82) is 0 Å². The molecule has 2 rings (SSSR count). The Morgan fingerprint density at radius 2 is 2.22 bits per heavy atom. The van der Waals surface area contributed by atoms with Gasteiger partial charge < -0.3 is 10.2 Å². The standard InChI is InChI=1S/C18H31N5/c1-5-22(6-2)17-9-12-23(14-17)18(19-4)21-11-8-16-7-10-20-13-15(16)3/h7,10,13,17H,5-6,8-9,11-12,14H2,1-4H3,(H,19,21). The van der Waals surface area contributed by atoms with Gasteiger partial charge in [0.2, 0.25) is 0 Å². The summed E-state index contributed by atoms with van der Waals surface area (Å²) in [6.45, 7) is 11.9. The largest absolute Gasteiger partial charge is 0.356 e.